The van der Waals surface area contributed by atoms with E-state index in [-0.39, 0.29) is 25.7 Å². The second-order valence-corrected chi connectivity index (χ2v) is 28.5. The highest BCUT2D eigenvalue weighted by atomic mass is 31.2. The first kappa shape index (κ1) is 88.1. The van der Waals surface area contributed by atoms with Crippen molar-refractivity contribution in [3.05, 3.63) is 0 Å². The lowest BCUT2D eigenvalue weighted by Crippen LogP contribution is -2.30. The summed E-state index contributed by atoms with van der Waals surface area (Å²) in [6, 6.07) is 0. The van der Waals surface area contributed by atoms with E-state index in [1.165, 1.54) is 193 Å². The maximum atomic E-state index is 13.0. The number of esters is 4. The molecule has 0 bridgehead atoms. The van der Waals surface area contributed by atoms with Crippen LogP contribution in [0.15, 0.2) is 0 Å². The normalized spacial score (nSPS) is 14.0. The van der Waals surface area contributed by atoms with Crippen LogP contribution >= 0.6 is 15.6 Å². The fourth-order valence-electron chi connectivity index (χ4n) is 10.9. The standard InChI is InChI=1S/C71H138O17P2/c1-5-9-13-17-21-24-27-30-32-35-37-40-44-48-52-56-69(74)82-62-67(88-71(76)57-53-49-45-41-38-34-29-26-23-19-15-11-7-3)64-86-90(79,80)84-60-65(72)59-83-89(77,78)85-63-66(61-81-68(73)55-51-47-43-20-16-12-8-4)87-70(75)58-54-50-46-42-39-36-33-31-28-25-22-18-14-10-6-2/h65-67,72H,5-64H2,1-4H3,(H,77,78)(H,79,80)/t65-,66+,67+/m0/s1. The number of hydrogen-bond acceptors (Lipinski definition) is 15. The molecule has 0 rings (SSSR count). The SMILES string of the molecule is CCCCCCCCCCCCCCCCCC(=O)OC[C@H](COP(=O)(O)OC[C@@H](O)COP(=O)(O)OC[C@@H](COC(=O)CCCCCCCCC)OC(=O)CCCCCCCCCCCCCCCCC)OC(=O)CCCCCCCCCCCCCCC. The minimum Gasteiger partial charge on any atom is -0.462 e. The summed E-state index contributed by atoms with van der Waals surface area (Å²) in [5.74, 6) is -2.12. The van der Waals surface area contributed by atoms with Crippen LogP contribution in [0.25, 0.3) is 0 Å². The average Bonchev–Trinajstić information content (AvgIpc) is 3.68. The lowest BCUT2D eigenvalue weighted by Gasteiger charge is -2.21. The molecule has 0 aliphatic carbocycles. The van der Waals surface area contributed by atoms with Gasteiger partial charge in [0.2, 0.25) is 0 Å². The van der Waals surface area contributed by atoms with Crippen LogP contribution in [0.1, 0.15) is 374 Å². The summed E-state index contributed by atoms with van der Waals surface area (Å²) in [4.78, 5) is 72.5. The Bertz CT molecular complexity index is 1720. The van der Waals surface area contributed by atoms with E-state index in [2.05, 4.69) is 27.7 Å². The van der Waals surface area contributed by atoms with E-state index in [0.717, 1.165) is 103 Å². The molecule has 0 saturated carbocycles. The number of phosphoric ester groups is 2. The van der Waals surface area contributed by atoms with Crippen molar-refractivity contribution in [3.63, 3.8) is 0 Å². The highest BCUT2D eigenvalue weighted by Crippen LogP contribution is 2.45. The summed E-state index contributed by atoms with van der Waals surface area (Å²) < 4.78 is 68.3. The first-order valence-electron chi connectivity index (χ1n) is 37.3. The zero-order valence-corrected chi connectivity index (χ0v) is 59.9. The molecular weight excluding hydrogens is 1190 g/mol. The number of ether oxygens (including phenoxy) is 4. The van der Waals surface area contributed by atoms with Gasteiger partial charge in [-0.1, -0.05) is 323 Å². The summed E-state index contributed by atoms with van der Waals surface area (Å²) in [7, 11) is -9.89. The fraction of sp³-hybridized carbons (Fsp3) is 0.944. The minimum atomic E-state index is -4.95. The van der Waals surface area contributed by atoms with Crippen molar-refractivity contribution in [2.45, 2.75) is 393 Å². The average molecular weight is 1330 g/mol. The van der Waals surface area contributed by atoms with Gasteiger partial charge in [-0.15, -0.1) is 0 Å². The quantitative estimate of drug-likeness (QED) is 0.0222. The van der Waals surface area contributed by atoms with Gasteiger partial charge in [0.25, 0.3) is 0 Å². The Morgan fingerprint density at radius 1 is 0.267 bits per heavy atom. The second-order valence-electron chi connectivity index (χ2n) is 25.6. The Kier molecular flexibility index (Phi) is 64.3. The van der Waals surface area contributed by atoms with E-state index in [0.29, 0.717) is 25.7 Å². The summed E-state index contributed by atoms with van der Waals surface area (Å²) in [5, 5.41) is 10.6. The molecule has 0 amide bonds. The maximum absolute atomic E-state index is 13.0. The maximum Gasteiger partial charge on any atom is 0.472 e. The van der Waals surface area contributed by atoms with Crippen LogP contribution in [0.3, 0.4) is 0 Å². The van der Waals surface area contributed by atoms with E-state index in [1.807, 2.05) is 0 Å². The molecule has 0 aromatic rings. The first-order valence-corrected chi connectivity index (χ1v) is 40.3. The van der Waals surface area contributed by atoms with Crippen molar-refractivity contribution in [1.29, 1.82) is 0 Å². The fourth-order valence-corrected chi connectivity index (χ4v) is 12.4. The number of rotatable bonds is 72. The van der Waals surface area contributed by atoms with E-state index in [4.69, 9.17) is 37.0 Å². The molecule has 90 heavy (non-hydrogen) atoms. The van der Waals surface area contributed by atoms with Gasteiger partial charge in [0.05, 0.1) is 26.4 Å². The molecule has 0 radical (unpaired) electrons. The van der Waals surface area contributed by atoms with Crippen LogP contribution in [-0.2, 0) is 65.4 Å². The van der Waals surface area contributed by atoms with Gasteiger partial charge in [0.1, 0.15) is 19.3 Å². The van der Waals surface area contributed by atoms with Crippen molar-refractivity contribution in [1.82, 2.24) is 0 Å². The Morgan fingerprint density at radius 2 is 0.444 bits per heavy atom. The predicted molar refractivity (Wildman–Crippen MR) is 363 cm³/mol. The highest BCUT2D eigenvalue weighted by molar-refractivity contribution is 7.47. The summed E-state index contributed by atoms with van der Waals surface area (Å²) in [6.07, 6.45) is 54.1. The molecular formula is C71H138O17P2. The van der Waals surface area contributed by atoms with Crippen LogP contribution in [-0.4, -0.2) is 96.7 Å². The lowest BCUT2D eigenvalue weighted by atomic mass is 10.0. The van der Waals surface area contributed by atoms with Crippen molar-refractivity contribution < 1.29 is 80.2 Å². The smallest absolute Gasteiger partial charge is 0.462 e. The molecule has 3 N–H and O–H groups in total. The van der Waals surface area contributed by atoms with Crippen LogP contribution in [0, 0.1) is 0 Å². The zero-order chi connectivity index (χ0) is 66.1. The van der Waals surface area contributed by atoms with Crippen molar-refractivity contribution in [2.24, 2.45) is 0 Å². The Hall–Kier alpha value is -1.94. The van der Waals surface area contributed by atoms with Crippen molar-refractivity contribution in [3.8, 4) is 0 Å². The minimum absolute atomic E-state index is 0.108. The zero-order valence-electron chi connectivity index (χ0n) is 58.1. The first-order chi connectivity index (χ1) is 43.7. The Balaban J connectivity index is 5.19. The molecule has 0 fully saturated rings. The van der Waals surface area contributed by atoms with Crippen molar-refractivity contribution >= 4 is 39.5 Å². The number of unbranched alkanes of at least 4 members (excludes halogenated alkanes) is 46. The Labute approximate surface area is 549 Å². The van der Waals surface area contributed by atoms with Gasteiger partial charge in [-0.05, 0) is 25.7 Å². The lowest BCUT2D eigenvalue weighted by molar-refractivity contribution is -0.161. The molecule has 0 aromatic heterocycles. The second kappa shape index (κ2) is 65.7. The van der Waals surface area contributed by atoms with Gasteiger partial charge in [-0.3, -0.25) is 37.3 Å². The molecule has 17 nitrogen and oxygen atoms in total. The molecule has 0 aliphatic rings. The van der Waals surface area contributed by atoms with Gasteiger partial charge in [-0.2, -0.15) is 0 Å². The molecule has 5 atom stereocenters. The van der Waals surface area contributed by atoms with Gasteiger partial charge in [0.15, 0.2) is 12.2 Å². The third kappa shape index (κ3) is 64.8. The number of aliphatic hydroxyl groups excluding tert-OH is 1. The van der Waals surface area contributed by atoms with E-state index >= 15 is 0 Å². The highest BCUT2D eigenvalue weighted by Gasteiger charge is 2.30. The summed E-state index contributed by atoms with van der Waals surface area (Å²) >= 11 is 0. The third-order valence-corrected chi connectivity index (χ3v) is 18.5. The number of hydrogen-bond donors (Lipinski definition) is 3. The molecule has 0 spiro atoms. The van der Waals surface area contributed by atoms with Gasteiger partial charge < -0.3 is 33.8 Å². The largest absolute Gasteiger partial charge is 0.472 e. The molecule has 0 heterocycles. The van der Waals surface area contributed by atoms with Crippen molar-refractivity contribution in [2.75, 3.05) is 39.6 Å². The van der Waals surface area contributed by atoms with E-state index in [9.17, 15) is 43.2 Å². The number of carbonyl (C=O) groups excluding carboxylic acids is 4. The third-order valence-electron chi connectivity index (χ3n) is 16.6. The molecule has 534 valence electrons. The number of phosphoric acid groups is 2. The van der Waals surface area contributed by atoms with Crippen LogP contribution in [0.2, 0.25) is 0 Å². The van der Waals surface area contributed by atoms with Gasteiger partial charge in [0, 0.05) is 25.7 Å². The predicted octanol–water partition coefficient (Wildman–Crippen LogP) is 20.7. The topological polar surface area (TPSA) is 237 Å². The van der Waals surface area contributed by atoms with Gasteiger partial charge >= 0.3 is 39.5 Å². The van der Waals surface area contributed by atoms with Crippen LogP contribution < -0.4 is 0 Å². The number of carbonyl (C=O) groups is 4. The monoisotopic (exact) mass is 1320 g/mol. The molecule has 2 unspecified atom stereocenters. The van der Waals surface area contributed by atoms with Crippen LogP contribution in [0.5, 0.6) is 0 Å². The summed E-state index contributed by atoms with van der Waals surface area (Å²) in [6.45, 7) is 4.93. The van der Waals surface area contributed by atoms with E-state index < -0.39 is 97.5 Å². The molecule has 0 aromatic carbocycles. The van der Waals surface area contributed by atoms with Crippen LogP contribution in [0.4, 0.5) is 0 Å². The Morgan fingerprint density at radius 3 is 0.656 bits per heavy atom. The summed E-state index contributed by atoms with van der Waals surface area (Å²) in [5.41, 5.74) is 0. The molecule has 19 heteroatoms. The number of aliphatic hydroxyl groups is 1. The molecule has 0 aliphatic heterocycles. The van der Waals surface area contributed by atoms with Gasteiger partial charge in [-0.25, -0.2) is 9.13 Å². The van der Waals surface area contributed by atoms with E-state index in [1.54, 1.807) is 0 Å². The molecule has 0 saturated heterocycles.